The lowest BCUT2D eigenvalue weighted by Crippen LogP contribution is -2.13. The van der Waals surface area contributed by atoms with E-state index in [9.17, 15) is 14.0 Å². The van der Waals surface area contributed by atoms with E-state index in [1.165, 1.54) is 18.2 Å². The van der Waals surface area contributed by atoms with E-state index in [-0.39, 0.29) is 16.8 Å². The Morgan fingerprint density at radius 3 is 2.52 bits per heavy atom. The summed E-state index contributed by atoms with van der Waals surface area (Å²) in [6.07, 6.45) is 0. The van der Waals surface area contributed by atoms with Crippen molar-refractivity contribution in [1.82, 2.24) is 0 Å². The molecule has 2 aromatic rings. The van der Waals surface area contributed by atoms with Crippen molar-refractivity contribution in [2.75, 3.05) is 11.1 Å². The summed E-state index contributed by atoms with van der Waals surface area (Å²) in [7, 11) is 0. The van der Waals surface area contributed by atoms with Gasteiger partial charge in [0.1, 0.15) is 5.82 Å². The third kappa shape index (κ3) is 3.17. The lowest BCUT2D eigenvalue weighted by atomic mass is 10.1. The number of carboxylic acid groups (broad SMARTS) is 1. The molecule has 0 heterocycles. The fraction of sp³-hybridized carbons (Fsp3) is 0.0667. The van der Waals surface area contributed by atoms with Crippen LogP contribution in [0.1, 0.15) is 26.3 Å². The maximum absolute atomic E-state index is 13.3. The Bertz CT molecular complexity index is 729. The first-order valence-electron chi connectivity index (χ1n) is 6.09. The summed E-state index contributed by atoms with van der Waals surface area (Å²) in [6.45, 7) is 1.66. The van der Waals surface area contributed by atoms with Gasteiger partial charge in [0.25, 0.3) is 5.91 Å². The predicted octanol–water partition coefficient (Wildman–Crippen LogP) is 2.67. The summed E-state index contributed by atoms with van der Waals surface area (Å²) in [6, 6.07) is 8.22. The second-order valence-corrected chi connectivity index (χ2v) is 4.53. The molecule has 0 aliphatic carbocycles. The van der Waals surface area contributed by atoms with Crippen LogP contribution in [0.15, 0.2) is 36.4 Å². The minimum Gasteiger partial charge on any atom is -0.478 e. The molecule has 0 aromatic heterocycles. The number of benzene rings is 2. The third-order valence-electron chi connectivity index (χ3n) is 2.99. The number of rotatable bonds is 3. The van der Waals surface area contributed by atoms with Crippen molar-refractivity contribution in [3.05, 3.63) is 58.9 Å². The van der Waals surface area contributed by atoms with Crippen LogP contribution < -0.4 is 11.1 Å². The normalized spacial score (nSPS) is 10.2. The van der Waals surface area contributed by atoms with Gasteiger partial charge in [0.2, 0.25) is 0 Å². The van der Waals surface area contributed by atoms with Crippen LogP contribution in [0.5, 0.6) is 0 Å². The first kappa shape index (κ1) is 14.5. The first-order chi connectivity index (χ1) is 9.88. The molecule has 2 rings (SSSR count). The predicted molar refractivity (Wildman–Crippen MR) is 76.9 cm³/mol. The molecule has 21 heavy (non-hydrogen) atoms. The van der Waals surface area contributed by atoms with Gasteiger partial charge in [-0.2, -0.15) is 0 Å². The van der Waals surface area contributed by atoms with Crippen LogP contribution in [0.25, 0.3) is 0 Å². The molecule has 0 bridgehead atoms. The number of aryl methyl sites for hydroxylation is 1. The van der Waals surface area contributed by atoms with Crippen LogP contribution >= 0.6 is 0 Å². The SMILES string of the molecule is Cc1ccc(NC(=O)c2ccc(N)c(F)c2)cc1C(=O)O. The summed E-state index contributed by atoms with van der Waals surface area (Å²) in [5, 5.41) is 11.5. The van der Waals surface area contributed by atoms with E-state index < -0.39 is 17.7 Å². The molecule has 0 saturated heterocycles. The molecule has 5 nitrogen and oxygen atoms in total. The van der Waals surface area contributed by atoms with Crippen molar-refractivity contribution in [1.29, 1.82) is 0 Å². The highest BCUT2D eigenvalue weighted by Crippen LogP contribution is 2.17. The van der Waals surface area contributed by atoms with Crippen LogP contribution in [0.2, 0.25) is 0 Å². The second kappa shape index (κ2) is 5.62. The van der Waals surface area contributed by atoms with Crippen molar-refractivity contribution in [2.45, 2.75) is 6.92 Å². The van der Waals surface area contributed by atoms with Crippen LogP contribution in [0.3, 0.4) is 0 Å². The number of carbonyl (C=O) groups excluding carboxylic acids is 1. The fourth-order valence-corrected chi connectivity index (χ4v) is 1.80. The van der Waals surface area contributed by atoms with Crippen LogP contribution in [-0.4, -0.2) is 17.0 Å². The number of hydrogen-bond acceptors (Lipinski definition) is 3. The molecule has 0 aliphatic rings. The van der Waals surface area contributed by atoms with Crippen molar-refractivity contribution in [3.63, 3.8) is 0 Å². The smallest absolute Gasteiger partial charge is 0.336 e. The molecule has 0 unspecified atom stereocenters. The third-order valence-corrected chi connectivity index (χ3v) is 2.99. The highest BCUT2D eigenvalue weighted by atomic mass is 19.1. The molecule has 4 N–H and O–H groups in total. The number of hydrogen-bond donors (Lipinski definition) is 3. The number of anilines is 2. The van der Waals surface area contributed by atoms with Gasteiger partial charge in [0.05, 0.1) is 11.3 Å². The molecule has 2 aromatic carbocycles. The number of carbonyl (C=O) groups is 2. The minimum absolute atomic E-state index is 0.0463. The van der Waals surface area contributed by atoms with Crippen LogP contribution in [0, 0.1) is 12.7 Å². The largest absolute Gasteiger partial charge is 0.478 e. The Labute approximate surface area is 120 Å². The summed E-state index contributed by atoms with van der Waals surface area (Å²) in [5.41, 5.74) is 6.39. The van der Waals surface area contributed by atoms with E-state index in [0.717, 1.165) is 6.07 Å². The summed E-state index contributed by atoms with van der Waals surface area (Å²) in [4.78, 5) is 23.0. The summed E-state index contributed by atoms with van der Waals surface area (Å²) in [5.74, 6) is -2.31. The zero-order valence-corrected chi connectivity index (χ0v) is 11.2. The quantitative estimate of drug-likeness (QED) is 0.757. The van der Waals surface area contributed by atoms with Crippen molar-refractivity contribution >= 4 is 23.3 Å². The highest BCUT2D eigenvalue weighted by molar-refractivity contribution is 6.05. The van der Waals surface area contributed by atoms with E-state index >= 15 is 0 Å². The van der Waals surface area contributed by atoms with E-state index in [1.807, 2.05) is 0 Å². The zero-order valence-electron chi connectivity index (χ0n) is 11.2. The monoisotopic (exact) mass is 288 g/mol. The van der Waals surface area contributed by atoms with E-state index in [1.54, 1.807) is 19.1 Å². The molecule has 6 heteroatoms. The van der Waals surface area contributed by atoms with E-state index in [2.05, 4.69) is 5.32 Å². The first-order valence-corrected chi connectivity index (χ1v) is 6.09. The number of nitrogens with two attached hydrogens (primary N) is 1. The van der Waals surface area contributed by atoms with Crippen LogP contribution in [-0.2, 0) is 0 Å². The number of nitrogen functional groups attached to an aromatic ring is 1. The molecule has 0 radical (unpaired) electrons. The van der Waals surface area contributed by atoms with Crippen LogP contribution in [0.4, 0.5) is 15.8 Å². The van der Waals surface area contributed by atoms with E-state index in [4.69, 9.17) is 10.8 Å². The van der Waals surface area contributed by atoms with Gasteiger partial charge in [0.15, 0.2) is 0 Å². The molecule has 1 amide bonds. The fourth-order valence-electron chi connectivity index (χ4n) is 1.80. The highest BCUT2D eigenvalue weighted by Gasteiger charge is 2.12. The lowest BCUT2D eigenvalue weighted by Gasteiger charge is -2.08. The number of aromatic carboxylic acids is 1. The molecular weight excluding hydrogens is 275 g/mol. The number of halogens is 1. The Kier molecular flexibility index (Phi) is 3.89. The van der Waals surface area contributed by atoms with Gasteiger partial charge in [0, 0.05) is 11.3 Å². The molecule has 0 atom stereocenters. The Morgan fingerprint density at radius 1 is 1.19 bits per heavy atom. The number of carboxylic acids is 1. The summed E-state index contributed by atoms with van der Waals surface area (Å²) < 4.78 is 13.3. The molecule has 0 aliphatic heterocycles. The van der Waals surface area contributed by atoms with E-state index in [0.29, 0.717) is 11.3 Å². The topological polar surface area (TPSA) is 92.4 Å². The zero-order chi connectivity index (χ0) is 15.6. The minimum atomic E-state index is -1.08. The molecule has 0 spiro atoms. The van der Waals surface area contributed by atoms with Crippen molar-refractivity contribution in [2.24, 2.45) is 0 Å². The van der Waals surface area contributed by atoms with Crippen molar-refractivity contribution < 1.29 is 19.1 Å². The molecule has 108 valence electrons. The molecule has 0 fully saturated rings. The molecule has 0 saturated carbocycles. The Hall–Kier alpha value is -2.89. The van der Waals surface area contributed by atoms with Gasteiger partial charge < -0.3 is 16.2 Å². The number of nitrogens with one attached hydrogen (secondary N) is 1. The average Bonchev–Trinajstić information content (AvgIpc) is 2.43. The van der Waals surface area contributed by atoms with Crippen molar-refractivity contribution in [3.8, 4) is 0 Å². The molecular formula is C15H13FN2O3. The van der Waals surface area contributed by atoms with Gasteiger partial charge in [-0.1, -0.05) is 6.07 Å². The average molecular weight is 288 g/mol. The Morgan fingerprint density at radius 2 is 1.90 bits per heavy atom. The standard InChI is InChI=1S/C15H13FN2O3/c1-8-2-4-10(7-11(8)15(20)21)18-14(19)9-3-5-13(17)12(16)6-9/h2-7H,17H2,1H3,(H,18,19)(H,20,21). The summed E-state index contributed by atoms with van der Waals surface area (Å²) >= 11 is 0. The van der Waals surface area contributed by atoms with Gasteiger partial charge in [-0.05, 0) is 42.8 Å². The second-order valence-electron chi connectivity index (χ2n) is 4.53. The lowest BCUT2D eigenvalue weighted by molar-refractivity contribution is 0.0695. The maximum atomic E-state index is 13.3. The van der Waals surface area contributed by atoms with Gasteiger partial charge >= 0.3 is 5.97 Å². The maximum Gasteiger partial charge on any atom is 0.336 e. The Balaban J connectivity index is 2.25. The number of amides is 1. The van der Waals surface area contributed by atoms with Gasteiger partial charge in [-0.25, -0.2) is 9.18 Å². The van der Waals surface area contributed by atoms with Gasteiger partial charge in [-0.3, -0.25) is 4.79 Å². The van der Waals surface area contributed by atoms with Gasteiger partial charge in [-0.15, -0.1) is 0 Å².